The van der Waals surface area contributed by atoms with Crippen LogP contribution in [0.5, 0.6) is 0 Å². The number of aromatic nitrogens is 3. The maximum absolute atomic E-state index is 6.03. The molecule has 0 aliphatic rings. The summed E-state index contributed by atoms with van der Waals surface area (Å²) in [4.78, 5) is 0. The Morgan fingerprint density at radius 3 is 2.94 bits per heavy atom. The largest absolute Gasteiger partial charge is 0.323 e. The van der Waals surface area contributed by atoms with Crippen LogP contribution in [0.4, 0.5) is 0 Å². The van der Waals surface area contributed by atoms with Gasteiger partial charge in [-0.15, -0.1) is 5.10 Å². The second-order valence-corrected chi connectivity index (χ2v) is 6.18. The van der Waals surface area contributed by atoms with E-state index in [2.05, 4.69) is 55.8 Å². The van der Waals surface area contributed by atoms with Crippen LogP contribution in [0.25, 0.3) is 5.69 Å². The summed E-state index contributed by atoms with van der Waals surface area (Å²) in [6.45, 7) is 2.11. The lowest BCUT2D eigenvalue weighted by Gasteiger charge is -2.05. The Hall–Kier alpha value is -0.470. The van der Waals surface area contributed by atoms with E-state index < -0.39 is 0 Å². The van der Waals surface area contributed by atoms with Crippen LogP contribution in [-0.4, -0.2) is 15.0 Å². The zero-order valence-corrected chi connectivity index (χ0v) is 13.7. The minimum atomic E-state index is -0.0358. The maximum Gasteiger partial charge on any atom is 0.0998 e. The average Bonchev–Trinajstić information content (AvgIpc) is 2.78. The fourth-order valence-electron chi connectivity index (χ4n) is 1.69. The normalized spacial score (nSPS) is 12.7. The van der Waals surface area contributed by atoms with Gasteiger partial charge < -0.3 is 5.73 Å². The molecule has 18 heavy (non-hydrogen) atoms. The van der Waals surface area contributed by atoms with E-state index in [1.165, 1.54) is 3.57 Å². The van der Waals surface area contributed by atoms with Gasteiger partial charge in [-0.1, -0.05) is 18.6 Å². The zero-order valence-electron chi connectivity index (χ0n) is 9.98. The molecule has 0 amide bonds. The standard InChI is InChI=1S/C12H14BrIN4/c1-2-3-10(15)11-7-18(17-16-11)12-5-4-8(14)6-9(12)13/h4-7,10H,2-3,15H2,1H3. The number of hydrogen-bond donors (Lipinski definition) is 1. The van der Waals surface area contributed by atoms with Crippen LogP contribution >= 0.6 is 38.5 Å². The Kier molecular flexibility index (Phi) is 4.74. The van der Waals surface area contributed by atoms with Gasteiger partial charge in [0.25, 0.3) is 0 Å². The van der Waals surface area contributed by atoms with Gasteiger partial charge in [0.15, 0.2) is 0 Å². The minimum Gasteiger partial charge on any atom is -0.323 e. The Balaban J connectivity index is 2.29. The molecule has 1 aromatic carbocycles. The lowest BCUT2D eigenvalue weighted by atomic mass is 10.1. The molecule has 6 heteroatoms. The van der Waals surface area contributed by atoms with Crippen LogP contribution in [0.1, 0.15) is 31.5 Å². The molecule has 1 aromatic heterocycles. The highest BCUT2D eigenvalue weighted by atomic mass is 127. The first-order chi connectivity index (χ1) is 8.61. The fraction of sp³-hybridized carbons (Fsp3) is 0.333. The predicted octanol–water partition coefficient (Wildman–Crippen LogP) is 3.43. The molecule has 1 atom stereocenters. The summed E-state index contributed by atoms with van der Waals surface area (Å²) in [5.41, 5.74) is 7.84. The van der Waals surface area contributed by atoms with E-state index in [9.17, 15) is 0 Å². The Labute approximate surface area is 128 Å². The molecular weight excluding hydrogens is 407 g/mol. The van der Waals surface area contributed by atoms with Crippen LogP contribution in [0, 0.1) is 3.57 Å². The summed E-state index contributed by atoms with van der Waals surface area (Å²) in [6, 6.07) is 6.05. The molecule has 0 saturated heterocycles. The van der Waals surface area contributed by atoms with Gasteiger partial charge in [0.1, 0.15) is 0 Å². The van der Waals surface area contributed by atoms with Gasteiger partial charge in [0, 0.05) is 8.04 Å². The van der Waals surface area contributed by atoms with Crippen LogP contribution in [0.2, 0.25) is 0 Å². The van der Waals surface area contributed by atoms with Crippen molar-refractivity contribution in [3.63, 3.8) is 0 Å². The monoisotopic (exact) mass is 420 g/mol. The topological polar surface area (TPSA) is 56.7 Å². The van der Waals surface area contributed by atoms with E-state index in [-0.39, 0.29) is 6.04 Å². The van der Waals surface area contributed by atoms with E-state index in [4.69, 9.17) is 5.73 Å². The van der Waals surface area contributed by atoms with Gasteiger partial charge in [0.05, 0.1) is 23.6 Å². The van der Waals surface area contributed by atoms with Crippen molar-refractivity contribution in [3.8, 4) is 5.69 Å². The molecule has 4 nitrogen and oxygen atoms in total. The summed E-state index contributed by atoms with van der Waals surface area (Å²) in [7, 11) is 0. The van der Waals surface area contributed by atoms with Crippen molar-refractivity contribution in [3.05, 3.63) is 38.1 Å². The third kappa shape index (κ3) is 3.10. The van der Waals surface area contributed by atoms with Gasteiger partial charge in [0.2, 0.25) is 0 Å². The van der Waals surface area contributed by atoms with Gasteiger partial charge in [-0.05, 0) is 63.1 Å². The molecule has 2 rings (SSSR count). The third-order valence-corrected chi connectivity index (χ3v) is 3.95. The summed E-state index contributed by atoms with van der Waals surface area (Å²) < 4.78 is 3.92. The van der Waals surface area contributed by atoms with Crippen LogP contribution < -0.4 is 5.73 Å². The molecule has 0 aliphatic carbocycles. The number of benzene rings is 1. The van der Waals surface area contributed by atoms with Crippen molar-refractivity contribution in [2.45, 2.75) is 25.8 Å². The highest BCUT2D eigenvalue weighted by molar-refractivity contribution is 14.1. The first-order valence-electron chi connectivity index (χ1n) is 5.75. The molecule has 0 fully saturated rings. The Morgan fingerprint density at radius 1 is 1.50 bits per heavy atom. The number of halogens is 2. The molecule has 2 N–H and O–H groups in total. The van der Waals surface area contributed by atoms with Crippen molar-refractivity contribution in [2.24, 2.45) is 5.73 Å². The second kappa shape index (κ2) is 6.12. The Bertz CT molecular complexity index is 541. The van der Waals surface area contributed by atoms with Crippen molar-refractivity contribution in [1.82, 2.24) is 15.0 Å². The maximum atomic E-state index is 6.03. The zero-order chi connectivity index (χ0) is 13.1. The first-order valence-corrected chi connectivity index (χ1v) is 7.62. The lowest BCUT2D eigenvalue weighted by Crippen LogP contribution is -2.10. The molecule has 0 radical (unpaired) electrons. The van der Waals surface area contributed by atoms with Crippen LogP contribution in [0.3, 0.4) is 0 Å². The molecule has 1 heterocycles. The molecule has 96 valence electrons. The van der Waals surface area contributed by atoms with Crippen molar-refractivity contribution < 1.29 is 0 Å². The molecule has 2 aromatic rings. The quantitative estimate of drug-likeness (QED) is 0.771. The average molecular weight is 421 g/mol. The number of nitrogens with two attached hydrogens (primary N) is 1. The van der Waals surface area contributed by atoms with Gasteiger partial charge >= 0.3 is 0 Å². The number of hydrogen-bond acceptors (Lipinski definition) is 3. The SMILES string of the molecule is CCCC(N)c1cn(-c2ccc(I)cc2Br)nn1. The summed E-state index contributed by atoms with van der Waals surface area (Å²) in [5.74, 6) is 0. The first kappa shape index (κ1) is 14.0. The summed E-state index contributed by atoms with van der Waals surface area (Å²) >= 11 is 5.81. The summed E-state index contributed by atoms with van der Waals surface area (Å²) in [6.07, 6.45) is 3.86. The van der Waals surface area contributed by atoms with E-state index in [1.807, 2.05) is 24.4 Å². The number of rotatable bonds is 4. The molecule has 0 saturated carbocycles. The highest BCUT2D eigenvalue weighted by Gasteiger charge is 2.11. The molecule has 0 bridgehead atoms. The van der Waals surface area contributed by atoms with Crippen molar-refractivity contribution >= 4 is 38.5 Å². The fourth-order valence-corrected chi connectivity index (χ4v) is 3.17. The van der Waals surface area contributed by atoms with E-state index in [0.29, 0.717) is 0 Å². The van der Waals surface area contributed by atoms with Crippen LogP contribution in [-0.2, 0) is 0 Å². The molecule has 0 spiro atoms. The smallest absolute Gasteiger partial charge is 0.0998 e. The third-order valence-electron chi connectivity index (χ3n) is 2.65. The molecule has 1 unspecified atom stereocenters. The van der Waals surface area contributed by atoms with E-state index >= 15 is 0 Å². The van der Waals surface area contributed by atoms with Crippen LogP contribution in [0.15, 0.2) is 28.9 Å². The Morgan fingerprint density at radius 2 is 2.28 bits per heavy atom. The second-order valence-electron chi connectivity index (χ2n) is 4.08. The highest BCUT2D eigenvalue weighted by Crippen LogP contribution is 2.23. The predicted molar refractivity (Wildman–Crippen MR) is 83.6 cm³/mol. The summed E-state index contributed by atoms with van der Waals surface area (Å²) in [5, 5.41) is 8.27. The van der Waals surface area contributed by atoms with Gasteiger partial charge in [-0.2, -0.15) is 0 Å². The van der Waals surface area contributed by atoms with Crippen molar-refractivity contribution in [2.75, 3.05) is 0 Å². The lowest BCUT2D eigenvalue weighted by molar-refractivity contribution is 0.619. The molecular formula is C12H14BrIN4. The van der Waals surface area contributed by atoms with Gasteiger partial charge in [-0.25, -0.2) is 4.68 Å². The number of nitrogens with zero attached hydrogens (tertiary/aromatic N) is 3. The van der Waals surface area contributed by atoms with Crippen molar-refractivity contribution in [1.29, 1.82) is 0 Å². The van der Waals surface area contributed by atoms with E-state index in [1.54, 1.807) is 4.68 Å². The molecule has 0 aliphatic heterocycles. The van der Waals surface area contributed by atoms with E-state index in [0.717, 1.165) is 28.7 Å². The van der Waals surface area contributed by atoms with Gasteiger partial charge in [-0.3, -0.25) is 0 Å². The minimum absolute atomic E-state index is 0.0358.